The summed E-state index contributed by atoms with van der Waals surface area (Å²) in [6, 6.07) is 20.2. The van der Waals surface area contributed by atoms with E-state index in [2.05, 4.69) is 10.3 Å². The average Bonchev–Trinajstić information content (AvgIpc) is 3.67. The summed E-state index contributed by atoms with van der Waals surface area (Å²) in [5.74, 6) is 0.380. The minimum absolute atomic E-state index is 0.0736. The Morgan fingerprint density at radius 1 is 1.06 bits per heavy atom. The Bertz CT molecular complexity index is 1980. The zero-order chi connectivity index (χ0) is 36.2. The normalized spacial score (nSPS) is 17.2. The van der Waals surface area contributed by atoms with E-state index in [1.54, 1.807) is 67.5 Å². The van der Waals surface area contributed by atoms with E-state index in [1.165, 1.54) is 26.1 Å². The van der Waals surface area contributed by atoms with Crippen LogP contribution in [-0.2, 0) is 29.1 Å². The number of thiazole rings is 1. The predicted molar refractivity (Wildman–Crippen MR) is 188 cm³/mol. The van der Waals surface area contributed by atoms with E-state index < -0.39 is 24.3 Å². The first-order valence-electron chi connectivity index (χ1n) is 16.1. The van der Waals surface area contributed by atoms with Gasteiger partial charge in [-0.25, -0.2) is 19.6 Å². The van der Waals surface area contributed by atoms with Gasteiger partial charge in [0.25, 0.3) is 0 Å². The number of carbonyl (C=O) groups excluding carboxylic acids is 4. The van der Waals surface area contributed by atoms with Crippen molar-refractivity contribution in [1.82, 2.24) is 35.0 Å². The molecule has 5 amide bonds. The van der Waals surface area contributed by atoms with Crippen LogP contribution >= 0.6 is 11.3 Å². The maximum atomic E-state index is 14.3. The summed E-state index contributed by atoms with van der Waals surface area (Å²) in [6.07, 6.45) is -1.12. The number of carbonyl (C=O) groups is 4. The van der Waals surface area contributed by atoms with Gasteiger partial charge in [0.1, 0.15) is 30.3 Å². The molecule has 264 valence electrons. The molecule has 0 spiro atoms. The molecule has 0 radical (unpaired) electrons. The Balaban J connectivity index is 1.29. The summed E-state index contributed by atoms with van der Waals surface area (Å²) in [5, 5.41) is 15.8. The third-order valence-corrected chi connectivity index (χ3v) is 9.59. The Hall–Kier alpha value is -5.92. The number of amides is 5. The number of ether oxygens (including phenoxy) is 2. The van der Waals surface area contributed by atoms with E-state index >= 15 is 0 Å². The summed E-state index contributed by atoms with van der Waals surface area (Å²) in [6.45, 7) is -0.102. The van der Waals surface area contributed by atoms with Crippen LogP contribution in [0.5, 0.6) is 11.5 Å². The summed E-state index contributed by atoms with van der Waals surface area (Å²) in [4.78, 5) is 62.8. The second kappa shape index (κ2) is 14.9. The van der Waals surface area contributed by atoms with Gasteiger partial charge in [-0.15, -0.1) is 0 Å². The largest absolute Gasteiger partial charge is 0.497 e. The Morgan fingerprint density at radius 3 is 2.45 bits per heavy atom. The molecule has 2 aliphatic rings. The van der Waals surface area contributed by atoms with Crippen LogP contribution in [0.25, 0.3) is 10.2 Å². The number of benzene rings is 3. The van der Waals surface area contributed by atoms with E-state index in [0.29, 0.717) is 22.1 Å². The number of nitrogens with zero attached hydrogens (tertiary/aromatic N) is 7. The maximum Gasteiger partial charge on any atom is 0.414 e. The zero-order valence-corrected chi connectivity index (χ0v) is 29.1. The summed E-state index contributed by atoms with van der Waals surface area (Å²) >= 11 is 1.35. The number of rotatable bonds is 10. The minimum atomic E-state index is -0.928. The number of fused-ring (bicyclic) bond motifs is 2. The van der Waals surface area contributed by atoms with Crippen LogP contribution in [0, 0.1) is 11.3 Å². The Labute approximate surface area is 298 Å². The number of anilines is 1. The topological polar surface area (TPSA) is 178 Å². The van der Waals surface area contributed by atoms with Gasteiger partial charge in [0.15, 0.2) is 5.13 Å². The highest BCUT2D eigenvalue weighted by Gasteiger charge is 2.52. The number of hydrazine groups is 1. The van der Waals surface area contributed by atoms with Gasteiger partial charge in [-0.3, -0.25) is 9.59 Å². The van der Waals surface area contributed by atoms with Crippen molar-refractivity contribution in [3.63, 3.8) is 0 Å². The lowest BCUT2D eigenvalue weighted by Gasteiger charge is -2.46. The molecule has 4 aromatic rings. The highest BCUT2D eigenvalue weighted by atomic mass is 32.1. The van der Waals surface area contributed by atoms with Gasteiger partial charge in [-0.1, -0.05) is 47.7 Å². The van der Waals surface area contributed by atoms with Gasteiger partial charge in [0.05, 0.1) is 36.5 Å². The number of nitrogens with one attached hydrogen (secondary N) is 1. The monoisotopic (exact) mass is 711 g/mol. The van der Waals surface area contributed by atoms with Crippen LogP contribution in [0.2, 0.25) is 0 Å². The number of para-hydroxylation sites is 1. The van der Waals surface area contributed by atoms with Gasteiger partial charge < -0.3 is 35.2 Å². The molecule has 2 aliphatic heterocycles. The van der Waals surface area contributed by atoms with E-state index in [1.807, 2.05) is 36.4 Å². The van der Waals surface area contributed by atoms with Gasteiger partial charge >= 0.3 is 12.1 Å². The van der Waals surface area contributed by atoms with Gasteiger partial charge in [-0.05, 0) is 47.0 Å². The SMILES string of the molecule is COc1ccc(CNC(=O)N(CC#N)N2CC(=O)N3[C@@H](Cc4ccc(OC(=O)N(C)C)cc4)C(=O)N(Cc4cccc5sc(N)nc45)C[C@@H]32)cc1. The fourth-order valence-corrected chi connectivity index (χ4v) is 7.00. The molecule has 1 aromatic heterocycles. The predicted octanol–water partition coefficient (Wildman–Crippen LogP) is 3.02. The summed E-state index contributed by atoms with van der Waals surface area (Å²) in [7, 11) is 4.73. The van der Waals surface area contributed by atoms with Crippen LogP contribution in [0.1, 0.15) is 16.7 Å². The van der Waals surface area contributed by atoms with Crippen molar-refractivity contribution in [2.75, 3.05) is 46.6 Å². The average molecular weight is 712 g/mol. The molecule has 0 bridgehead atoms. The molecular weight excluding hydrogens is 675 g/mol. The van der Waals surface area contributed by atoms with E-state index in [0.717, 1.165) is 21.4 Å². The summed E-state index contributed by atoms with van der Waals surface area (Å²) < 4.78 is 11.4. The second-order valence-electron chi connectivity index (χ2n) is 12.3. The molecular formula is C35H37N9O6S. The fraction of sp³-hybridized carbons (Fsp3) is 0.314. The number of nitrogen functional groups attached to an aromatic ring is 1. The van der Waals surface area contributed by atoms with Crippen LogP contribution in [0.15, 0.2) is 66.7 Å². The number of aromatic nitrogens is 1. The molecule has 3 heterocycles. The number of hydrogen-bond donors (Lipinski definition) is 2. The van der Waals surface area contributed by atoms with Crippen LogP contribution in [0.4, 0.5) is 14.7 Å². The zero-order valence-electron chi connectivity index (χ0n) is 28.3. The number of nitrogens with two attached hydrogens (primary N) is 1. The molecule has 3 aromatic carbocycles. The van der Waals surface area contributed by atoms with Crippen LogP contribution in [0.3, 0.4) is 0 Å². The van der Waals surface area contributed by atoms with Crippen molar-refractivity contribution in [3.8, 4) is 17.6 Å². The van der Waals surface area contributed by atoms with Crippen molar-refractivity contribution in [1.29, 1.82) is 5.26 Å². The smallest absolute Gasteiger partial charge is 0.414 e. The first-order valence-corrected chi connectivity index (χ1v) is 16.9. The molecule has 0 aliphatic carbocycles. The third kappa shape index (κ3) is 7.49. The van der Waals surface area contributed by atoms with Crippen molar-refractivity contribution in [3.05, 3.63) is 83.4 Å². The van der Waals surface area contributed by atoms with Crippen molar-refractivity contribution in [2.45, 2.75) is 31.7 Å². The minimum Gasteiger partial charge on any atom is -0.497 e. The fourth-order valence-electron chi connectivity index (χ4n) is 6.21. The molecule has 15 nitrogen and oxygen atoms in total. The third-order valence-electron chi connectivity index (χ3n) is 8.74. The van der Waals surface area contributed by atoms with Crippen LogP contribution < -0.4 is 20.5 Å². The van der Waals surface area contributed by atoms with Gasteiger partial charge in [-0.2, -0.15) is 10.3 Å². The molecule has 0 unspecified atom stereocenters. The lowest BCUT2D eigenvalue weighted by molar-refractivity contribution is -0.157. The Morgan fingerprint density at radius 2 is 1.76 bits per heavy atom. The van der Waals surface area contributed by atoms with E-state index in [9.17, 15) is 24.4 Å². The maximum absolute atomic E-state index is 14.3. The second-order valence-corrected chi connectivity index (χ2v) is 13.3. The van der Waals surface area contributed by atoms with Gasteiger partial charge in [0.2, 0.25) is 11.8 Å². The highest BCUT2D eigenvalue weighted by Crippen LogP contribution is 2.32. The van der Waals surface area contributed by atoms with E-state index in [-0.39, 0.29) is 51.0 Å². The number of nitriles is 1. The molecule has 0 saturated carbocycles. The number of hydrogen-bond acceptors (Lipinski definition) is 11. The molecule has 3 N–H and O–H groups in total. The summed E-state index contributed by atoms with van der Waals surface area (Å²) in [5.41, 5.74) is 9.04. The van der Waals surface area contributed by atoms with E-state index in [4.69, 9.17) is 15.2 Å². The van der Waals surface area contributed by atoms with Crippen molar-refractivity contribution >= 4 is 50.6 Å². The molecule has 2 saturated heterocycles. The van der Waals surface area contributed by atoms with Gasteiger partial charge in [0, 0.05) is 33.6 Å². The van der Waals surface area contributed by atoms with Crippen molar-refractivity contribution in [2.24, 2.45) is 0 Å². The number of methoxy groups -OCH3 is 1. The standard InChI is InChI=1S/C35H37N9O6S/c1-40(2)35(48)50-26-13-7-22(8-14-26)17-27-32(46)41(19-24-5-4-6-28-31(24)39-33(37)51-28)20-29-43(21-30(45)44(27)29)42(16-15-36)34(47)38-18-23-9-11-25(49-3)12-10-23/h4-14,27,29H,16-21H2,1-3H3,(H2,37,39)(H,38,47)/t27-,29+/m0/s1. The quantitative estimate of drug-likeness (QED) is 0.233. The van der Waals surface area contributed by atoms with Crippen LogP contribution in [-0.4, -0.2) is 107 Å². The Kier molecular flexibility index (Phi) is 10.2. The van der Waals surface area contributed by atoms with Crippen molar-refractivity contribution < 1.29 is 28.7 Å². The molecule has 2 fully saturated rings. The first kappa shape index (κ1) is 34.9. The lowest BCUT2D eigenvalue weighted by atomic mass is 9.99. The highest BCUT2D eigenvalue weighted by molar-refractivity contribution is 7.22. The molecule has 2 atom stereocenters. The lowest BCUT2D eigenvalue weighted by Crippen LogP contribution is -2.66. The molecule has 6 rings (SSSR count). The number of urea groups is 1. The molecule has 16 heteroatoms. The first-order chi connectivity index (χ1) is 24.6. The number of piperazine rings is 1. The molecule has 51 heavy (non-hydrogen) atoms.